The molecule has 3 heteroatoms. The van der Waals surface area contributed by atoms with Crippen LogP contribution in [0, 0.1) is 6.07 Å². The summed E-state index contributed by atoms with van der Waals surface area (Å²) in [6.45, 7) is 0. The molecule has 0 N–H and O–H groups in total. The molecule has 0 spiro atoms. The van der Waals surface area contributed by atoms with Gasteiger partial charge in [-0.3, -0.25) is 0 Å². The van der Waals surface area contributed by atoms with Gasteiger partial charge in [0.15, 0.2) is 0 Å². The Kier molecular flexibility index (Phi) is 9.24. The molecular weight excluding hydrogens is 245 g/mol. The molecule has 0 atom stereocenters. The Balaban J connectivity index is 0. The van der Waals surface area contributed by atoms with E-state index in [0.29, 0.717) is 0 Å². The fourth-order valence-electron chi connectivity index (χ4n) is 0.504. The molecule has 0 fully saturated rings. The third-order valence-corrected chi connectivity index (χ3v) is 0.914. The number of hydrogen-bond donors (Lipinski definition) is 0. The molecule has 0 unspecified atom stereocenters. The van der Waals surface area contributed by atoms with Crippen LogP contribution in [0.1, 0.15) is 0 Å². The Morgan fingerprint density at radius 1 is 1.50 bits per heavy atom. The quantitative estimate of drug-likeness (QED) is 0.553. The Hall–Kier alpha value is 0.123. The van der Waals surface area contributed by atoms with Crippen LogP contribution < -0.4 is 21.7 Å². The number of ether oxygens (including phenoxy) is 1. The second kappa shape index (κ2) is 7.23. The Morgan fingerprint density at radius 3 is 2.50 bits per heavy atom. The predicted octanol–water partition coefficient (Wildman–Crippen LogP) is -1.50. The van der Waals surface area contributed by atoms with Crippen molar-refractivity contribution in [2.24, 2.45) is 0 Å². The van der Waals surface area contributed by atoms with Crippen molar-refractivity contribution in [3.05, 3.63) is 30.3 Å². The van der Waals surface area contributed by atoms with Crippen LogP contribution in [0.15, 0.2) is 24.3 Å². The molecule has 0 aromatic heterocycles. The molecule has 1 radical (unpaired) electrons. The summed E-state index contributed by atoms with van der Waals surface area (Å²) in [4.78, 5) is 0. The van der Waals surface area contributed by atoms with Crippen LogP contribution in [-0.2, 0) is 19.5 Å². The molecule has 0 aliphatic heterocycles. The van der Waals surface area contributed by atoms with Crippen LogP contribution in [0.2, 0.25) is 0 Å². The summed E-state index contributed by atoms with van der Waals surface area (Å²) in [7, 11) is 1.64. The van der Waals surface area contributed by atoms with Gasteiger partial charge in [-0.05, 0) is 18.2 Å². The third-order valence-electron chi connectivity index (χ3n) is 0.914. The summed E-state index contributed by atoms with van der Waals surface area (Å²) in [5.41, 5.74) is 0. The van der Waals surface area contributed by atoms with Gasteiger partial charge in [0.05, 0.1) is 7.11 Å². The maximum Gasteiger partial charge on any atom is 0.119 e. The van der Waals surface area contributed by atoms with E-state index in [9.17, 15) is 0 Å². The maximum absolute atomic E-state index is 4.88. The zero-order chi connectivity index (χ0) is 5.82. The van der Waals surface area contributed by atoms with E-state index in [1.807, 2.05) is 18.2 Å². The minimum absolute atomic E-state index is 0. The summed E-state index contributed by atoms with van der Waals surface area (Å²) in [6, 6.07) is 10.3. The van der Waals surface area contributed by atoms with Crippen LogP contribution in [0.4, 0.5) is 0 Å². The van der Waals surface area contributed by atoms with Crippen molar-refractivity contribution < 1.29 is 41.2 Å². The summed E-state index contributed by atoms with van der Waals surface area (Å²) < 4.78 is 4.88. The first kappa shape index (κ1) is 12.8. The van der Waals surface area contributed by atoms with Crippen molar-refractivity contribution in [2.45, 2.75) is 0 Å². The van der Waals surface area contributed by atoms with Gasteiger partial charge in [0.1, 0.15) is 5.75 Å². The van der Waals surface area contributed by atoms with E-state index < -0.39 is 0 Å². The molecule has 0 aliphatic carbocycles. The summed E-state index contributed by atoms with van der Waals surface area (Å²) >= 11 is 0. The van der Waals surface area contributed by atoms with Gasteiger partial charge < -0.3 is 21.7 Å². The fraction of sp³-hybridized carbons (Fsp3) is 0.143. The number of benzene rings is 1. The molecule has 1 aromatic carbocycles. The van der Waals surface area contributed by atoms with Crippen molar-refractivity contribution in [2.75, 3.05) is 7.11 Å². The van der Waals surface area contributed by atoms with E-state index >= 15 is 0 Å². The molecule has 1 nitrogen and oxygen atoms in total. The molecule has 0 aliphatic rings. The molecule has 51 valence electrons. The largest absolute Gasteiger partial charge is 1.00 e. The average Bonchev–Trinajstić information content (AvgIpc) is 1.90. The third kappa shape index (κ3) is 4.02. The zero-order valence-corrected chi connectivity index (χ0v) is 10.4. The van der Waals surface area contributed by atoms with Crippen LogP contribution >= 0.6 is 0 Å². The first-order chi connectivity index (χ1) is 3.93. The molecule has 0 saturated carbocycles. The van der Waals surface area contributed by atoms with Gasteiger partial charge in [0, 0.05) is 19.5 Å². The van der Waals surface area contributed by atoms with Gasteiger partial charge in [-0.15, -0.1) is 0 Å². The Morgan fingerprint density at radius 2 is 2.20 bits per heavy atom. The SMILES string of the molecule is COc1c[c]ccc1.[Br-].[Zn]. The first-order valence-electron chi connectivity index (χ1n) is 2.43. The zero-order valence-electron chi connectivity index (χ0n) is 5.80. The van der Waals surface area contributed by atoms with Gasteiger partial charge in [-0.1, -0.05) is 12.1 Å². The molecule has 1 aromatic rings. The molecule has 10 heavy (non-hydrogen) atoms. The van der Waals surface area contributed by atoms with Gasteiger partial charge in [0.25, 0.3) is 0 Å². The summed E-state index contributed by atoms with van der Waals surface area (Å²) in [6.07, 6.45) is 0. The molecule has 0 amide bonds. The molecule has 1 rings (SSSR count). The minimum Gasteiger partial charge on any atom is -1.00 e. The van der Waals surface area contributed by atoms with Crippen molar-refractivity contribution in [1.82, 2.24) is 0 Å². The van der Waals surface area contributed by atoms with E-state index in [2.05, 4.69) is 6.07 Å². The van der Waals surface area contributed by atoms with Crippen LogP contribution in [0.5, 0.6) is 5.75 Å². The second-order valence-electron chi connectivity index (χ2n) is 1.44. The van der Waals surface area contributed by atoms with Crippen LogP contribution in [-0.4, -0.2) is 7.11 Å². The van der Waals surface area contributed by atoms with E-state index in [-0.39, 0.29) is 36.5 Å². The Bertz CT molecular complexity index is 155. The van der Waals surface area contributed by atoms with E-state index in [4.69, 9.17) is 4.74 Å². The monoisotopic (exact) mass is 250 g/mol. The number of methoxy groups -OCH3 is 1. The molecular formula is C7H7BrOZn-. The van der Waals surface area contributed by atoms with Crippen molar-refractivity contribution in [1.29, 1.82) is 0 Å². The summed E-state index contributed by atoms with van der Waals surface area (Å²) in [5, 5.41) is 0. The topological polar surface area (TPSA) is 9.23 Å². The van der Waals surface area contributed by atoms with Gasteiger partial charge in [-0.25, -0.2) is 0 Å². The number of rotatable bonds is 1. The number of halogens is 1. The van der Waals surface area contributed by atoms with Gasteiger partial charge in [-0.2, -0.15) is 0 Å². The smallest absolute Gasteiger partial charge is 0.119 e. The normalized spacial score (nSPS) is 6.90. The standard InChI is InChI=1S/C7H7O.BrH.Zn/c1-8-7-5-3-2-4-6-7;;/h2-3,5-6H,1H3;1H;/p-1. The van der Waals surface area contributed by atoms with Crippen molar-refractivity contribution in [3.8, 4) is 5.75 Å². The van der Waals surface area contributed by atoms with E-state index in [1.54, 1.807) is 13.2 Å². The average molecular weight is 252 g/mol. The van der Waals surface area contributed by atoms with Crippen molar-refractivity contribution in [3.63, 3.8) is 0 Å². The van der Waals surface area contributed by atoms with E-state index in [1.165, 1.54) is 0 Å². The summed E-state index contributed by atoms with van der Waals surface area (Å²) in [5.74, 6) is 0.854. The Labute approximate surface area is 84.3 Å². The van der Waals surface area contributed by atoms with Crippen LogP contribution in [0.3, 0.4) is 0 Å². The van der Waals surface area contributed by atoms with Crippen LogP contribution in [0.25, 0.3) is 0 Å². The van der Waals surface area contributed by atoms with Crippen molar-refractivity contribution >= 4 is 0 Å². The van der Waals surface area contributed by atoms with Gasteiger partial charge >= 0.3 is 0 Å². The van der Waals surface area contributed by atoms with E-state index in [0.717, 1.165) is 5.75 Å². The van der Waals surface area contributed by atoms with Gasteiger partial charge in [0.2, 0.25) is 0 Å². The maximum atomic E-state index is 4.88. The number of hydrogen-bond acceptors (Lipinski definition) is 1. The minimum atomic E-state index is 0. The second-order valence-corrected chi connectivity index (χ2v) is 1.44. The predicted molar refractivity (Wildman–Crippen MR) is 31.8 cm³/mol. The molecule has 0 bridgehead atoms. The molecule has 0 saturated heterocycles. The fourth-order valence-corrected chi connectivity index (χ4v) is 0.504. The molecule has 0 heterocycles. The first-order valence-corrected chi connectivity index (χ1v) is 2.43.